The summed E-state index contributed by atoms with van der Waals surface area (Å²) in [5, 5.41) is 7.11. The minimum absolute atomic E-state index is 0.112. The van der Waals surface area contributed by atoms with Crippen LogP contribution < -0.4 is 5.32 Å². The molecular formula is C16H17N5O. The maximum Gasteiger partial charge on any atom is 0.295 e. The number of carbonyl (C=O) groups excluding carboxylic acids is 1. The minimum atomic E-state index is -0.333. The molecule has 1 aromatic carbocycles. The number of amides is 1. The van der Waals surface area contributed by atoms with E-state index in [1.807, 2.05) is 45.9 Å². The zero-order valence-electron chi connectivity index (χ0n) is 13.0. The molecule has 0 aliphatic rings. The summed E-state index contributed by atoms with van der Waals surface area (Å²) in [7, 11) is 0. The Balaban J connectivity index is 1.95. The zero-order valence-corrected chi connectivity index (χ0v) is 13.0. The highest BCUT2D eigenvalue weighted by Gasteiger charge is 2.16. The molecule has 0 fully saturated rings. The van der Waals surface area contributed by atoms with Crippen molar-refractivity contribution in [2.75, 3.05) is 5.32 Å². The number of aromatic nitrogens is 4. The predicted molar refractivity (Wildman–Crippen MR) is 84.1 cm³/mol. The summed E-state index contributed by atoms with van der Waals surface area (Å²) in [5.74, 6) is 0.198. The first-order valence-corrected chi connectivity index (χ1v) is 7.03. The topological polar surface area (TPSA) is 72.2 Å². The van der Waals surface area contributed by atoms with Crippen LogP contribution in [-0.2, 0) is 0 Å². The van der Waals surface area contributed by atoms with Gasteiger partial charge in [0.05, 0.1) is 0 Å². The monoisotopic (exact) mass is 295 g/mol. The second kappa shape index (κ2) is 5.22. The van der Waals surface area contributed by atoms with Gasteiger partial charge in [0, 0.05) is 17.6 Å². The van der Waals surface area contributed by atoms with Gasteiger partial charge < -0.3 is 5.32 Å². The molecule has 0 bridgehead atoms. The van der Waals surface area contributed by atoms with Crippen molar-refractivity contribution in [3.63, 3.8) is 0 Å². The number of nitrogens with one attached hydrogen (secondary N) is 1. The van der Waals surface area contributed by atoms with Gasteiger partial charge in [0.15, 0.2) is 0 Å². The summed E-state index contributed by atoms with van der Waals surface area (Å²) in [6.45, 7) is 7.86. The van der Waals surface area contributed by atoms with Crippen molar-refractivity contribution in [1.29, 1.82) is 0 Å². The molecule has 2 aromatic heterocycles. The zero-order chi connectivity index (χ0) is 15.9. The Labute approximate surface area is 128 Å². The van der Waals surface area contributed by atoms with Crippen LogP contribution in [0.2, 0.25) is 0 Å². The van der Waals surface area contributed by atoms with Gasteiger partial charge in [-0.25, -0.2) is 9.50 Å². The molecule has 0 saturated carbocycles. The van der Waals surface area contributed by atoms with Crippen LogP contribution in [0.25, 0.3) is 5.78 Å². The predicted octanol–water partition coefficient (Wildman–Crippen LogP) is 2.61. The normalized spacial score (nSPS) is 10.9. The van der Waals surface area contributed by atoms with E-state index in [1.54, 1.807) is 10.7 Å². The van der Waals surface area contributed by atoms with Gasteiger partial charge in [-0.15, -0.1) is 5.10 Å². The second-order valence-corrected chi connectivity index (χ2v) is 5.46. The van der Waals surface area contributed by atoms with E-state index < -0.39 is 0 Å². The Bertz CT molecular complexity index is 858. The smallest absolute Gasteiger partial charge is 0.295 e. The first kappa shape index (κ1) is 14.2. The van der Waals surface area contributed by atoms with E-state index in [-0.39, 0.29) is 11.7 Å². The Morgan fingerprint density at radius 3 is 2.45 bits per heavy atom. The molecule has 0 aliphatic carbocycles. The standard InChI is InChI=1S/C16H17N5O/c1-9-7-10(2)13(11(3)8-9)18-15(22)14-19-16-17-6-5-12(4)21(16)20-14/h5-8H,1-4H3,(H,18,22). The SMILES string of the molecule is Cc1cc(C)c(NC(=O)c2nc3nccc(C)n3n2)c(C)c1. The van der Waals surface area contributed by atoms with E-state index in [1.165, 1.54) is 5.56 Å². The molecule has 22 heavy (non-hydrogen) atoms. The van der Waals surface area contributed by atoms with Crippen LogP contribution in [0.1, 0.15) is 33.0 Å². The maximum atomic E-state index is 12.4. The van der Waals surface area contributed by atoms with E-state index in [4.69, 9.17) is 0 Å². The average Bonchev–Trinajstić information content (AvgIpc) is 2.88. The third-order valence-electron chi connectivity index (χ3n) is 3.55. The van der Waals surface area contributed by atoms with Gasteiger partial charge in [0.2, 0.25) is 5.82 Å². The number of anilines is 1. The minimum Gasteiger partial charge on any atom is -0.319 e. The van der Waals surface area contributed by atoms with E-state index >= 15 is 0 Å². The quantitative estimate of drug-likeness (QED) is 0.788. The van der Waals surface area contributed by atoms with Gasteiger partial charge >= 0.3 is 0 Å². The highest BCUT2D eigenvalue weighted by atomic mass is 16.2. The van der Waals surface area contributed by atoms with Crippen molar-refractivity contribution in [1.82, 2.24) is 19.6 Å². The fourth-order valence-corrected chi connectivity index (χ4v) is 2.55. The fraction of sp³-hybridized carbons (Fsp3) is 0.250. The molecule has 6 heteroatoms. The summed E-state index contributed by atoms with van der Waals surface area (Å²) >= 11 is 0. The lowest BCUT2D eigenvalue weighted by atomic mass is 10.1. The van der Waals surface area contributed by atoms with Crippen molar-refractivity contribution in [3.8, 4) is 0 Å². The van der Waals surface area contributed by atoms with E-state index in [2.05, 4.69) is 20.4 Å². The number of hydrogen-bond acceptors (Lipinski definition) is 4. The Morgan fingerprint density at radius 1 is 1.14 bits per heavy atom. The van der Waals surface area contributed by atoms with Gasteiger partial charge in [-0.2, -0.15) is 4.98 Å². The van der Waals surface area contributed by atoms with E-state index in [0.29, 0.717) is 5.78 Å². The Kier molecular flexibility index (Phi) is 3.36. The number of nitrogens with zero attached hydrogens (tertiary/aromatic N) is 4. The lowest BCUT2D eigenvalue weighted by molar-refractivity contribution is 0.101. The number of carbonyl (C=O) groups is 1. The van der Waals surface area contributed by atoms with E-state index in [0.717, 1.165) is 22.5 Å². The fourth-order valence-electron chi connectivity index (χ4n) is 2.55. The summed E-state index contributed by atoms with van der Waals surface area (Å²) in [4.78, 5) is 20.7. The average molecular weight is 295 g/mol. The Hall–Kier alpha value is -2.76. The van der Waals surface area contributed by atoms with Gasteiger partial charge in [-0.1, -0.05) is 17.7 Å². The van der Waals surface area contributed by atoms with Crippen LogP contribution in [-0.4, -0.2) is 25.5 Å². The lowest BCUT2D eigenvalue weighted by Gasteiger charge is -2.11. The molecule has 1 N–H and O–H groups in total. The third kappa shape index (κ3) is 2.43. The first-order valence-electron chi connectivity index (χ1n) is 7.03. The molecule has 0 spiro atoms. The molecule has 1 amide bonds. The second-order valence-electron chi connectivity index (χ2n) is 5.46. The summed E-state index contributed by atoms with van der Waals surface area (Å²) < 4.78 is 1.56. The van der Waals surface area contributed by atoms with Crippen molar-refractivity contribution in [2.24, 2.45) is 0 Å². The van der Waals surface area contributed by atoms with Crippen molar-refractivity contribution in [2.45, 2.75) is 27.7 Å². The highest BCUT2D eigenvalue weighted by molar-refractivity contribution is 6.02. The molecular weight excluding hydrogens is 278 g/mol. The number of fused-ring (bicyclic) bond motifs is 1. The molecule has 0 radical (unpaired) electrons. The van der Waals surface area contributed by atoms with Gasteiger partial charge in [0.1, 0.15) is 0 Å². The summed E-state index contributed by atoms with van der Waals surface area (Å²) in [5.41, 5.74) is 4.88. The van der Waals surface area contributed by atoms with Crippen LogP contribution in [0.4, 0.5) is 5.69 Å². The number of aryl methyl sites for hydroxylation is 4. The molecule has 112 valence electrons. The van der Waals surface area contributed by atoms with Gasteiger partial charge in [0.25, 0.3) is 11.7 Å². The number of hydrogen-bond donors (Lipinski definition) is 1. The summed E-state index contributed by atoms with van der Waals surface area (Å²) in [6, 6.07) is 5.88. The first-order chi connectivity index (χ1) is 10.5. The van der Waals surface area contributed by atoms with Crippen LogP contribution in [0, 0.1) is 27.7 Å². The molecule has 6 nitrogen and oxygen atoms in total. The Morgan fingerprint density at radius 2 is 1.82 bits per heavy atom. The third-order valence-corrected chi connectivity index (χ3v) is 3.55. The number of rotatable bonds is 2. The molecule has 0 saturated heterocycles. The van der Waals surface area contributed by atoms with Crippen LogP contribution in [0.5, 0.6) is 0 Å². The van der Waals surface area contributed by atoms with Crippen molar-refractivity contribution in [3.05, 3.63) is 52.6 Å². The van der Waals surface area contributed by atoms with E-state index in [9.17, 15) is 4.79 Å². The maximum absolute atomic E-state index is 12.4. The molecule has 0 atom stereocenters. The van der Waals surface area contributed by atoms with Crippen LogP contribution >= 0.6 is 0 Å². The van der Waals surface area contributed by atoms with Crippen LogP contribution in [0.3, 0.4) is 0 Å². The number of benzene rings is 1. The lowest BCUT2D eigenvalue weighted by Crippen LogP contribution is -2.15. The van der Waals surface area contributed by atoms with Gasteiger partial charge in [-0.3, -0.25) is 4.79 Å². The summed E-state index contributed by atoms with van der Waals surface area (Å²) in [6.07, 6.45) is 1.65. The van der Waals surface area contributed by atoms with Crippen molar-refractivity contribution < 1.29 is 4.79 Å². The highest BCUT2D eigenvalue weighted by Crippen LogP contribution is 2.22. The van der Waals surface area contributed by atoms with Crippen LogP contribution in [0.15, 0.2) is 24.4 Å². The molecule has 3 aromatic rings. The largest absolute Gasteiger partial charge is 0.319 e. The van der Waals surface area contributed by atoms with Gasteiger partial charge in [-0.05, 0) is 44.9 Å². The molecule has 0 aliphatic heterocycles. The molecule has 0 unspecified atom stereocenters. The molecule has 3 rings (SSSR count). The van der Waals surface area contributed by atoms with Crippen molar-refractivity contribution >= 4 is 17.4 Å². The molecule has 2 heterocycles.